The molecule has 1 amide bonds. The molecule has 0 fully saturated rings. The van der Waals surface area contributed by atoms with Gasteiger partial charge in [-0.1, -0.05) is 37.3 Å². The maximum absolute atomic E-state index is 12.1. The van der Waals surface area contributed by atoms with Gasteiger partial charge in [-0.2, -0.15) is 0 Å². The van der Waals surface area contributed by atoms with Crippen LogP contribution >= 0.6 is 11.8 Å². The Bertz CT molecular complexity index is 686. The highest BCUT2D eigenvalue weighted by Gasteiger charge is 2.17. The summed E-state index contributed by atoms with van der Waals surface area (Å²) in [5.74, 6) is -1.20. The predicted molar refractivity (Wildman–Crippen MR) is 89.1 cm³/mol. The van der Waals surface area contributed by atoms with Crippen molar-refractivity contribution in [1.29, 1.82) is 0 Å². The topological polar surface area (TPSA) is 57.6 Å². The molecule has 0 saturated heterocycles. The van der Waals surface area contributed by atoms with Crippen molar-refractivity contribution in [2.24, 2.45) is 5.92 Å². The van der Waals surface area contributed by atoms with E-state index in [0.717, 1.165) is 10.3 Å². The third-order valence-electron chi connectivity index (χ3n) is 3.48. The van der Waals surface area contributed by atoms with Crippen LogP contribution in [0.3, 0.4) is 0 Å². The quantitative estimate of drug-likeness (QED) is 0.832. The Morgan fingerprint density at radius 3 is 2.55 bits per heavy atom. The third kappa shape index (κ3) is 4.24. The lowest BCUT2D eigenvalue weighted by Crippen LogP contribution is -2.34. The second kappa shape index (κ2) is 7.31. The van der Waals surface area contributed by atoms with Gasteiger partial charge in [0.1, 0.15) is 0 Å². The molecule has 2 rings (SSSR count). The minimum atomic E-state index is -0.887. The minimum Gasteiger partial charge on any atom is -0.481 e. The van der Waals surface area contributed by atoms with Gasteiger partial charge < -0.3 is 10.0 Å². The molecular formula is C17H19NO3S. The molecule has 1 N–H and O–H groups in total. The lowest BCUT2D eigenvalue weighted by Gasteiger charge is -2.19. The number of thioether (sulfide) groups is 1. The number of hydrogen-bond donors (Lipinski definition) is 1. The Balaban J connectivity index is 1.93. The number of rotatable bonds is 6. The van der Waals surface area contributed by atoms with E-state index in [-0.39, 0.29) is 12.5 Å². The lowest BCUT2D eigenvalue weighted by atomic mass is 10.1. The maximum Gasteiger partial charge on any atom is 0.308 e. The number of aliphatic carboxylic acids is 1. The van der Waals surface area contributed by atoms with Gasteiger partial charge in [-0.15, -0.1) is 11.8 Å². The molecule has 0 aromatic heterocycles. The molecule has 5 heteroatoms. The van der Waals surface area contributed by atoms with Crippen molar-refractivity contribution in [2.75, 3.05) is 19.3 Å². The zero-order valence-electron chi connectivity index (χ0n) is 12.7. The van der Waals surface area contributed by atoms with Gasteiger partial charge in [0.15, 0.2) is 0 Å². The number of carbonyl (C=O) groups is 2. The number of carbonyl (C=O) groups excluding carboxylic acids is 1. The number of benzene rings is 2. The molecule has 0 bridgehead atoms. The highest BCUT2D eigenvalue weighted by molar-refractivity contribution is 8.00. The molecule has 4 nitrogen and oxygen atoms in total. The standard InChI is InChI=1S/C17H19NO3S/c1-12(17(20)21)10-18(2)16(19)11-22-15-8-7-13-5-3-4-6-14(13)9-15/h3-9,12H,10-11H2,1-2H3,(H,20,21). The van der Waals surface area contributed by atoms with Crippen LogP contribution in [0, 0.1) is 5.92 Å². The number of carboxylic acids is 1. The molecule has 0 radical (unpaired) electrons. The first kappa shape index (κ1) is 16.4. The van der Waals surface area contributed by atoms with Gasteiger partial charge in [0, 0.05) is 18.5 Å². The van der Waals surface area contributed by atoms with Crippen LogP contribution in [-0.4, -0.2) is 41.2 Å². The number of fused-ring (bicyclic) bond motifs is 1. The number of carboxylic acid groups (broad SMARTS) is 1. The van der Waals surface area contributed by atoms with Gasteiger partial charge in [0.25, 0.3) is 0 Å². The molecule has 0 aliphatic heterocycles. The van der Waals surface area contributed by atoms with Crippen LogP contribution in [-0.2, 0) is 9.59 Å². The highest BCUT2D eigenvalue weighted by Crippen LogP contribution is 2.23. The van der Waals surface area contributed by atoms with Crippen LogP contribution in [0.5, 0.6) is 0 Å². The van der Waals surface area contributed by atoms with Crippen LogP contribution in [0.25, 0.3) is 10.8 Å². The van der Waals surface area contributed by atoms with Crippen LogP contribution in [0.1, 0.15) is 6.92 Å². The fourth-order valence-corrected chi connectivity index (χ4v) is 2.99. The minimum absolute atomic E-state index is 0.0636. The molecule has 1 unspecified atom stereocenters. The van der Waals surface area contributed by atoms with Gasteiger partial charge >= 0.3 is 5.97 Å². The SMILES string of the molecule is CC(CN(C)C(=O)CSc1ccc2ccccc2c1)C(=O)O. The predicted octanol–water partition coefficient (Wildman–Crippen LogP) is 3.11. The van der Waals surface area contributed by atoms with Gasteiger partial charge in [-0.05, 0) is 22.9 Å². The molecule has 0 aliphatic rings. The lowest BCUT2D eigenvalue weighted by molar-refractivity contribution is -0.142. The Labute approximate surface area is 134 Å². The fraction of sp³-hybridized carbons (Fsp3) is 0.294. The summed E-state index contributed by atoms with van der Waals surface area (Å²) in [5, 5.41) is 11.2. The van der Waals surface area contributed by atoms with Crippen LogP contribution in [0.15, 0.2) is 47.4 Å². The smallest absolute Gasteiger partial charge is 0.308 e. The first-order valence-corrected chi connectivity index (χ1v) is 8.04. The largest absolute Gasteiger partial charge is 0.481 e. The molecule has 0 spiro atoms. The summed E-state index contributed by atoms with van der Waals surface area (Å²) in [6, 6.07) is 14.2. The van der Waals surface area contributed by atoms with E-state index in [4.69, 9.17) is 5.11 Å². The van der Waals surface area contributed by atoms with Crippen molar-refractivity contribution in [1.82, 2.24) is 4.90 Å². The van der Waals surface area contributed by atoms with E-state index in [1.165, 1.54) is 22.0 Å². The molecule has 0 heterocycles. The van der Waals surface area contributed by atoms with Gasteiger partial charge in [0.05, 0.1) is 11.7 Å². The van der Waals surface area contributed by atoms with Crippen LogP contribution < -0.4 is 0 Å². The molecule has 2 aromatic rings. The summed E-state index contributed by atoms with van der Waals surface area (Å²) in [4.78, 5) is 25.4. The number of hydrogen-bond acceptors (Lipinski definition) is 3. The average molecular weight is 317 g/mol. The summed E-state index contributed by atoms with van der Waals surface area (Å²) in [6.45, 7) is 1.83. The zero-order chi connectivity index (χ0) is 16.1. The molecular weight excluding hydrogens is 298 g/mol. The molecule has 0 saturated carbocycles. The van der Waals surface area contributed by atoms with E-state index >= 15 is 0 Å². The van der Waals surface area contributed by atoms with Gasteiger partial charge in [0.2, 0.25) is 5.91 Å². The van der Waals surface area contributed by atoms with Crippen molar-refractivity contribution >= 4 is 34.4 Å². The van der Waals surface area contributed by atoms with Crippen molar-refractivity contribution < 1.29 is 14.7 Å². The number of nitrogens with zero attached hydrogens (tertiary/aromatic N) is 1. The average Bonchev–Trinajstić information content (AvgIpc) is 2.52. The monoisotopic (exact) mass is 317 g/mol. The Kier molecular flexibility index (Phi) is 5.44. The molecule has 22 heavy (non-hydrogen) atoms. The maximum atomic E-state index is 12.1. The van der Waals surface area contributed by atoms with Gasteiger partial charge in [-0.3, -0.25) is 9.59 Å². The van der Waals surface area contributed by atoms with Gasteiger partial charge in [-0.25, -0.2) is 0 Å². The summed E-state index contributed by atoms with van der Waals surface area (Å²) in [6.07, 6.45) is 0. The molecule has 0 aliphatic carbocycles. The summed E-state index contributed by atoms with van der Waals surface area (Å²) in [5.41, 5.74) is 0. The van der Waals surface area contributed by atoms with E-state index in [9.17, 15) is 9.59 Å². The molecule has 1 atom stereocenters. The second-order valence-electron chi connectivity index (χ2n) is 5.31. The van der Waals surface area contributed by atoms with E-state index in [2.05, 4.69) is 12.1 Å². The highest BCUT2D eigenvalue weighted by atomic mass is 32.2. The second-order valence-corrected chi connectivity index (χ2v) is 6.36. The van der Waals surface area contributed by atoms with Crippen molar-refractivity contribution in [3.8, 4) is 0 Å². The van der Waals surface area contributed by atoms with Crippen LogP contribution in [0.2, 0.25) is 0 Å². The van der Waals surface area contributed by atoms with Crippen molar-refractivity contribution in [3.05, 3.63) is 42.5 Å². The molecule has 116 valence electrons. The normalized spacial score (nSPS) is 12.1. The Morgan fingerprint density at radius 2 is 1.86 bits per heavy atom. The first-order valence-electron chi connectivity index (χ1n) is 7.05. The van der Waals surface area contributed by atoms with E-state index in [1.807, 2.05) is 30.3 Å². The Morgan fingerprint density at radius 1 is 1.18 bits per heavy atom. The summed E-state index contributed by atoms with van der Waals surface area (Å²) in [7, 11) is 1.64. The van der Waals surface area contributed by atoms with E-state index in [0.29, 0.717) is 5.75 Å². The third-order valence-corrected chi connectivity index (χ3v) is 4.46. The number of amides is 1. The fourth-order valence-electron chi connectivity index (χ4n) is 2.10. The van der Waals surface area contributed by atoms with E-state index < -0.39 is 11.9 Å². The summed E-state index contributed by atoms with van der Waals surface area (Å²) < 4.78 is 0. The summed E-state index contributed by atoms with van der Waals surface area (Å²) >= 11 is 1.47. The first-order chi connectivity index (χ1) is 10.5. The molecule has 2 aromatic carbocycles. The van der Waals surface area contributed by atoms with Crippen molar-refractivity contribution in [2.45, 2.75) is 11.8 Å². The van der Waals surface area contributed by atoms with E-state index in [1.54, 1.807) is 14.0 Å². The van der Waals surface area contributed by atoms with Crippen molar-refractivity contribution in [3.63, 3.8) is 0 Å². The Hall–Kier alpha value is -2.01. The zero-order valence-corrected chi connectivity index (χ0v) is 13.5. The van der Waals surface area contributed by atoms with Crippen LogP contribution in [0.4, 0.5) is 0 Å².